The van der Waals surface area contributed by atoms with Crippen molar-refractivity contribution in [3.63, 3.8) is 0 Å². The van der Waals surface area contributed by atoms with Crippen LogP contribution >= 0.6 is 11.8 Å². The molecule has 0 unspecified atom stereocenters. The second-order valence-electron chi connectivity index (χ2n) is 4.29. The van der Waals surface area contributed by atoms with E-state index < -0.39 is 0 Å². The largest absolute Gasteiger partial charge is 0.369 e. The fraction of sp³-hybridized carbons (Fsp3) is 0.308. The third-order valence-electron chi connectivity index (χ3n) is 2.40. The third-order valence-corrected chi connectivity index (χ3v) is 3.42. The number of nitrogens with two attached hydrogens (primary N) is 1. The molecule has 90 valence electrons. The molecule has 3 N–H and O–H groups in total. The summed E-state index contributed by atoms with van der Waals surface area (Å²) in [7, 11) is 0. The van der Waals surface area contributed by atoms with Crippen molar-refractivity contribution in [1.82, 2.24) is 9.97 Å². The van der Waals surface area contributed by atoms with Gasteiger partial charge in [0.15, 0.2) is 5.95 Å². The molecule has 17 heavy (non-hydrogen) atoms. The standard InChI is InChI=1S/C13H17N3S/c1-8(2)17-11-6-4-10(5-7-11)12-9(3)15-13(14)16-12/h4-8H,1-3H3,(H3,14,15,16). The molecule has 2 rings (SSSR count). The number of aromatic nitrogens is 2. The van der Waals surface area contributed by atoms with Crippen LogP contribution in [0.4, 0.5) is 5.95 Å². The highest BCUT2D eigenvalue weighted by atomic mass is 32.2. The van der Waals surface area contributed by atoms with Gasteiger partial charge in [-0.2, -0.15) is 0 Å². The number of benzene rings is 1. The minimum atomic E-state index is 0.470. The lowest BCUT2D eigenvalue weighted by molar-refractivity contribution is 1.11. The van der Waals surface area contributed by atoms with Crippen LogP contribution in [-0.2, 0) is 0 Å². The first-order valence-electron chi connectivity index (χ1n) is 5.65. The summed E-state index contributed by atoms with van der Waals surface area (Å²) in [6.07, 6.45) is 0. The molecule has 0 saturated carbocycles. The number of anilines is 1. The maximum atomic E-state index is 5.64. The highest BCUT2D eigenvalue weighted by Gasteiger charge is 2.07. The SMILES string of the molecule is Cc1[nH]c(N)nc1-c1ccc(SC(C)C)cc1. The Kier molecular flexibility index (Phi) is 3.43. The minimum Gasteiger partial charge on any atom is -0.369 e. The number of nitrogens with zero attached hydrogens (tertiary/aromatic N) is 1. The number of rotatable bonds is 3. The smallest absolute Gasteiger partial charge is 0.198 e. The minimum absolute atomic E-state index is 0.470. The summed E-state index contributed by atoms with van der Waals surface area (Å²) in [5, 5.41) is 0.601. The number of imidazole rings is 1. The molecule has 3 nitrogen and oxygen atoms in total. The Hall–Kier alpha value is -1.42. The van der Waals surface area contributed by atoms with Crippen molar-refractivity contribution in [1.29, 1.82) is 0 Å². The molecule has 1 aromatic carbocycles. The van der Waals surface area contributed by atoms with Crippen LogP contribution in [0, 0.1) is 6.92 Å². The van der Waals surface area contributed by atoms with E-state index in [1.807, 2.05) is 18.7 Å². The predicted molar refractivity (Wildman–Crippen MR) is 74.2 cm³/mol. The van der Waals surface area contributed by atoms with E-state index in [2.05, 4.69) is 48.1 Å². The summed E-state index contributed by atoms with van der Waals surface area (Å²) in [4.78, 5) is 8.58. The Labute approximate surface area is 106 Å². The van der Waals surface area contributed by atoms with Crippen LogP contribution in [0.2, 0.25) is 0 Å². The zero-order chi connectivity index (χ0) is 12.4. The normalized spacial score (nSPS) is 11.1. The van der Waals surface area contributed by atoms with Gasteiger partial charge in [0.2, 0.25) is 0 Å². The number of aryl methyl sites for hydroxylation is 1. The molecule has 0 amide bonds. The molecule has 0 aliphatic carbocycles. The lowest BCUT2D eigenvalue weighted by atomic mass is 10.1. The van der Waals surface area contributed by atoms with Gasteiger partial charge in [-0.3, -0.25) is 0 Å². The average molecular weight is 247 g/mol. The molecular formula is C13H17N3S. The van der Waals surface area contributed by atoms with Crippen LogP contribution in [0.3, 0.4) is 0 Å². The van der Waals surface area contributed by atoms with Gasteiger partial charge in [-0.15, -0.1) is 11.8 Å². The average Bonchev–Trinajstić information content (AvgIpc) is 2.58. The summed E-state index contributed by atoms with van der Waals surface area (Å²) >= 11 is 1.86. The Bertz CT molecular complexity index is 500. The Morgan fingerprint density at radius 2 is 1.88 bits per heavy atom. The maximum absolute atomic E-state index is 5.64. The molecule has 0 radical (unpaired) electrons. The molecule has 1 aromatic heterocycles. The summed E-state index contributed by atoms with van der Waals surface area (Å²) in [6.45, 7) is 6.36. The van der Waals surface area contributed by atoms with E-state index in [1.54, 1.807) is 0 Å². The lowest BCUT2D eigenvalue weighted by Gasteiger charge is -2.05. The molecule has 0 fully saturated rings. The fourth-order valence-corrected chi connectivity index (χ4v) is 2.57. The van der Waals surface area contributed by atoms with Crippen molar-refractivity contribution in [2.45, 2.75) is 30.9 Å². The zero-order valence-corrected chi connectivity index (χ0v) is 11.1. The maximum Gasteiger partial charge on any atom is 0.198 e. The van der Waals surface area contributed by atoms with Crippen molar-refractivity contribution in [3.8, 4) is 11.3 Å². The third kappa shape index (κ3) is 2.82. The molecule has 1 heterocycles. The van der Waals surface area contributed by atoms with Crippen molar-refractivity contribution >= 4 is 17.7 Å². The van der Waals surface area contributed by atoms with Gasteiger partial charge in [0, 0.05) is 21.4 Å². The number of nitrogens with one attached hydrogen (secondary N) is 1. The predicted octanol–water partition coefficient (Wildman–Crippen LogP) is 3.47. The summed E-state index contributed by atoms with van der Waals surface area (Å²) in [6, 6.07) is 8.44. The van der Waals surface area contributed by atoms with Gasteiger partial charge in [-0.05, 0) is 19.1 Å². The number of nitrogen functional groups attached to an aromatic ring is 1. The molecule has 0 atom stereocenters. The van der Waals surface area contributed by atoms with Crippen LogP contribution in [0.5, 0.6) is 0 Å². The first-order valence-corrected chi connectivity index (χ1v) is 6.53. The Morgan fingerprint density at radius 3 is 2.35 bits per heavy atom. The number of thioether (sulfide) groups is 1. The molecule has 4 heteroatoms. The second-order valence-corrected chi connectivity index (χ2v) is 5.94. The summed E-state index contributed by atoms with van der Waals surface area (Å²) in [5.41, 5.74) is 8.68. The molecule has 2 aromatic rings. The van der Waals surface area contributed by atoms with Gasteiger partial charge in [-0.25, -0.2) is 4.98 Å². The van der Waals surface area contributed by atoms with Gasteiger partial charge in [-0.1, -0.05) is 26.0 Å². The van der Waals surface area contributed by atoms with Crippen LogP contribution < -0.4 is 5.73 Å². The monoisotopic (exact) mass is 247 g/mol. The van der Waals surface area contributed by atoms with Gasteiger partial charge in [0.25, 0.3) is 0 Å². The van der Waals surface area contributed by atoms with Crippen molar-refractivity contribution in [3.05, 3.63) is 30.0 Å². The number of hydrogen-bond donors (Lipinski definition) is 2. The molecule has 0 aliphatic heterocycles. The molecule has 0 bridgehead atoms. The van der Waals surface area contributed by atoms with Crippen LogP contribution in [0.1, 0.15) is 19.5 Å². The van der Waals surface area contributed by atoms with Crippen LogP contribution in [0.25, 0.3) is 11.3 Å². The molecule has 0 spiro atoms. The van der Waals surface area contributed by atoms with Crippen molar-refractivity contribution < 1.29 is 0 Å². The lowest BCUT2D eigenvalue weighted by Crippen LogP contribution is -1.87. The molecule has 0 aliphatic rings. The van der Waals surface area contributed by atoms with E-state index in [9.17, 15) is 0 Å². The summed E-state index contributed by atoms with van der Waals surface area (Å²) in [5.74, 6) is 0.470. The highest BCUT2D eigenvalue weighted by Crippen LogP contribution is 2.27. The van der Waals surface area contributed by atoms with E-state index in [0.717, 1.165) is 17.0 Å². The Morgan fingerprint density at radius 1 is 1.24 bits per heavy atom. The summed E-state index contributed by atoms with van der Waals surface area (Å²) < 4.78 is 0. The van der Waals surface area contributed by atoms with E-state index in [4.69, 9.17) is 5.73 Å². The second kappa shape index (κ2) is 4.84. The van der Waals surface area contributed by atoms with Crippen molar-refractivity contribution in [2.75, 3.05) is 5.73 Å². The fourth-order valence-electron chi connectivity index (χ4n) is 1.73. The number of aromatic amines is 1. The quantitative estimate of drug-likeness (QED) is 0.817. The van der Waals surface area contributed by atoms with Crippen LogP contribution in [0.15, 0.2) is 29.2 Å². The van der Waals surface area contributed by atoms with Crippen LogP contribution in [-0.4, -0.2) is 15.2 Å². The van der Waals surface area contributed by atoms with Gasteiger partial charge < -0.3 is 10.7 Å². The van der Waals surface area contributed by atoms with Gasteiger partial charge in [0.1, 0.15) is 0 Å². The highest BCUT2D eigenvalue weighted by molar-refractivity contribution is 7.99. The molecule has 0 saturated heterocycles. The number of H-pyrrole nitrogens is 1. The van der Waals surface area contributed by atoms with E-state index >= 15 is 0 Å². The molecular weight excluding hydrogens is 230 g/mol. The van der Waals surface area contributed by atoms with E-state index in [0.29, 0.717) is 11.2 Å². The number of hydrogen-bond acceptors (Lipinski definition) is 3. The first kappa shape index (κ1) is 12.0. The Balaban J connectivity index is 2.26. The van der Waals surface area contributed by atoms with Crippen molar-refractivity contribution in [2.24, 2.45) is 0 Å². The first-order chi connectivity index (χ1) is 8.06. The van der Waals surface area contributed by atoms with E-state index in [-0.39, 0.29) is 0 Å². The topological polar surface area (TPSA) is 54.7 Å². The zero-order valence-electron chi connectivity index (χ0n) is 10.3. The van der Waals surface area contributed by atoms with E-state index in [1.165, 1.54) is 4.90 Å². The van der Waals surface area contributed by atoms with Gasteiger partial charge in [0.05, 0.1) is 5.69 Å². The van der Waals surface area contributed by atoms with Gasteiger partial charge >= 0.3 is 0 Å².